The second-order valence-electron chi connectivity index (χ2n) is 6.18. The summed E-state index contributed by atoms with van der Waals surface area (Å²) >= 11 is 0. The molecule has 1 heteroatoms. The average molecular weight is 241 g/mol. The highest BCUT2D eigenvalue weighted by Gasteiger charge is 2.29. The number of rotatable bonds is 10. The van der Waals surface area contributed by atoms with Gasteiger partial charge in [0.2, 0.25) is 0 Å². The van der Waals surface area contributed by atoms with Crippen molar-refractivity contribution >= 4 is 0 Å². The van der Waals surface area contributed by atoms with Crippen molar-refractivity contribution in [3.63, 3.8) is 0 Å². The molecule has 0 amide bonds. The number of hydrogen-bond donors (Lipinski definition) is 0. The molecule has 0 saturated heterocycles. The molecule has 1 nitrogen and oxygen atoms in total. The zero-order valence-electron chi connectivity index (χ0n) is 13.2. The van der Waals surface area contributed by atoms with E-state index < -0.39 is 0 Å². The van der Waals surface area contributed by atoms with Crippen molar-refractivity contribution in [2.45, 2.75) is 85.1 Å². The fraction of sp³-hybridized carbons (Fsp3) is 1.00. The second-order valence-corrected chi connectivity index (χ2v) is 6.18. The van der Waals surface area contributed by atoms with Crippen molar-refractivity contribution in [2.75, 3.05) is 13.6 Å². The van der Waals surface area contributed by atoms with Crippen LogP contribution in [0.5, 0.6) is 0 Å². The maximum Gasteiger partial charge on any atom is 0.0175 e. The summed E-state index contributed by atoms with van der Waals surface area (Å²) < 4.78 is 0. The van der Waals surface area contributed by atoms with E-state index in [2.05, 4.69) is 46.6 Å². The molecule has 0 rings (SSSR count). The van der Waals surface area contributed by atoms with Gasteiger partial charge in [0.15, 0.2) is 0 Å². The van der Waals surface area contributed by atoms with Crippen LogP contribution in [0.1, 0.15) is 79.6 Å². The minimum Gasteiger partial charge on any atom is -0.301 e. The van der Waals surface area contributed by atoms with Gasteiger partial charge < -0.3 is 4.90 Å². The topological polar surface area (TPSA) is 3.24 Å². The molecule has 0 aliphatic heterocycles. The maximum absolute atomic E-state index is 2.57. The number of nitrogens with zero attached hydrogens (tertiary/aromatic N) is 1. The maximum atomic E-state index is 2.57. The van der Waals surface area contributed by atoms with Crippen molar-refractivity contribution in [1.29, 1.82) is 0 Å². The molecule has 0 N–H and O–H groups in total. The van der Waals surface area contributed by atoms with E-state index in [1.165, 1.54) is 51.5 Å². The smallest absolute Gasteiger partial charge is 0.0175 e. The zero-order valence-corrected chi connectivity index (χ0v) is 13.2. The van der Waals surface area contributed by atoms with Crippen LogP contribution in [0.25, 0.3) is 0 Å². The normalized spacial score (nSPS) is 14.3. The fourth-order valence-corrected chi connectivity index (χ4v) is 2.30. The molecule has 0 aromatic rings. The molecule has 0 heterocycles. The summed E-state index contributed by atoms with van der Waals surface area (Å²) in [6, 6.07) is 0. The predicted octanol–water partition coefficient (Wildman–Crippen LogP) is 5.10. The van der Waals surface area contributed by atoms with Crippen LogP contribution in [0.15, 0.2) is 0 Å². The molecule has 0 aromatic carbocycles. The Hall–Kier alpha value is -0.0400. The first kappa shape index (κ1) is 17.0. The SMILES string of the molecule is CCCCCCN(C)C(C)(C)C(C)CCCC. The van der Waals surface area contributed by atoms with Gasteiger partial charge in [-0.05, 0) is 46.2 Å². The Labute approximate surface area is 110 Å². The lowest BCUT2D eigenvalue weighted by atomic mass is 9.83. The Balaban J connectivity index is 3.99. The quantitative estimate of drug-likeness (QED) is 0.481. The summed E-state index contributed by atoms with van der Waals surface area (Å²) in [6.07, 6.45) is 9.52. The Kier molecular flexibility index (Phi) is 8.94. The molecule has 0 spiro atoms. The molecule has 17 heavy (non-hydrogen) atoms. The number of hydrogen-bond acceptors (Lipinski definition) is 1. The monoisotopic (exact) mass is 241 g/mol. The van der Waals surface area contributed by atoms with Crippen LogP contribution in [-0.2, 0) is 0 Å². The van der Waals surface area contributed by atoms with E-state index in [4.69, 9.17) is 0 Å². The summed E-state index contributed by atoms with van der Waals surface area (Å²) in [7, 11) is 2.30. The lowest BCUT2D eigenvalue weighted by Crippen LogP contribution is -2.46. The van der Waals surface area contributed by atoms with E-state index in [0.29, 0.717) is 5.54 Å². The van der Waals surface area contributed by atoms with Gasteiger partial charge in [0.1, 0.15) is 0 Å². The molecule has 0 aromatic heterocycles. The van der Waals surface area contributed by atoms with Crippen molar-refractivity contribution in [1.82, 2.24) is 4.90 Å². The Bertz CT molecular complexity index is 174. The molecule has 0 aliphatic carbocycles. The summed E-state index contributed by atoms with van der Waals surface area (Å²) in [5, 5.41) is 0. The van der Waals surface area contributed by atoms with Crippen molar-refractivity contribution in [3.05, 3.63) is 0 Å². The third-order valence-corrected chi connectivity index (χ3v) is 4.53. The molecule has 0 bridgehead atoms. The van der Waals surface area contributed by atoms with E-state index >= 15 is 0 Å². The van der Waals surface area contributed by atoms with Crippen LogP contribution < -0.4 is 0 Å². The van der Waals surface area contributed by atoms with E-state index in [9.17, 15) is 0 Å². The van der Waals surface area contributed by atoms with Gasteiger partial charge in [-0.3, -0.25) is 0 Å². The lowest BCUT2D eigenvalue weighted by Gasteiger charge is -2.41. The van der Waals surface area contributed by atoms with Gasteiger partial charge in [-0.15, -0.1) is 0 Å². The molecule has 0 saturated carbocycles. The van der Waals surface area contributed by atoms with Gasteiger partial charge in [0.05, 0.1) is 0 Å². The van der Waals surface area contributed by atoms with Gasteiger partial charge in [-0.25, -0.2) is 0 Å². The van der Waals surface area contributed by atoms with E-state index in [0.717, 1.165) is 5.92 Å². The van der Waals surface area contributed by atoms with Crippen LogP contribution in [0.3, 0.4) is 0 Å². The highest BCUT2D eigenvalue weighted by molar-refractivity contribution is 4.84. The highest BCUT2D eigenvalue weighted by Crippen LogP contribution is 2.27. The third-order valence-electron chi connectivity index (χ3n) is 4.53. The van der Waals surface area contributed by atoms with E-state index in [-0.39, 0.29) is 0 Å². The van der Waals surface area contributed by atoms with E-state index in [1.807, 2.05) is 0 Å². The van der Waals surface area contributed by atoms with Crippen molar-refractivity contribution in [2.24, 2.45) is 5.92 Å². The largest absolute Gasteiger partial charge is 0.301 e. The van der Waals surface area contributed by atoms with Crippen LogP contribution >= 0.6 is 0 Å². The van der Waals surface area contributed by atoms with Gasteiger partial charge >= 0.3 is 0 Å². The summed E-state index contributed by atoms with van der Waals surface area (Å²) in [5.74, 6) is 0.790. The summed E-state index contributed by atoms with van der Waals surface area (Å²) in [6.45, 7) is 13.1. The van der Waals surface area contributed by atoms with Crippen LogP contribution in [0, 0.1) is 5.92 Å². The van der Waals surface area contributed by atoms with Crippen LogP contribution in [-0.4, -0.2) is 24.0 Å². The minimum absolute atomic E-state index is 0.349. The molecule has 1 unspecified atom stereocenters. The molecule has 104 valence electrons. The fourth-order valence-electron chi connectivity index (χ4n) is 2.30. The summed E-state index contributed by atoms with van der Waals surface area (Å²) in [4.78, 5) is 2.57. The zero-order chi connectivity index (χ0) is 13.3. The predicted molar refractivity (Wildman–Crippen MR) is 79.5 cm³/mol. The van der Waals surface area contributed by atoms with E-state index in [1.54, 1.807) is 0 Å². The van der Waals surface area contributed by atoms with Crippen LogP contribution in [0.4, 0.5) is 0 Å². The van der Waals surface area contributed by atoms with Gasteiger partial charge in [0, 0.05) is 5.54 Å². The molecule has 0 radical (unpaired) electrons. The Morgan fingerprint density at radius 3 is 2.06 bits per heavy atom. The molecule has 0 fully saturated rings. The molecule has 0 aliphatic rings. The minimum atomic E-state index is 0.349. The number of unbranched alkanes of at least 4 members (excludes halogenated alkanes) is 4. The highest BCUT2D eigenvalue weighted by atomic mass is 15.2. The average Bonchev–Trinajstić information content (AvgIpc) is 2.31. The van der Waals surface area contributed by atoms with Crippen molar-refractivity contribution < 1.29 is 0 Å². The molecule has 1 atom stereocenters. The first-order valence-corrected chi connectivity index (χ1v) is 7.68. The lowest BCUT2D eigenvalue weighted by molar-refractivity contribution is 0.0893. The van der Waals surface area contributed by atoms with Gasteiger partial charge in [0.25, 0.3) is 0 Å². The van der Waals surface area contributed by atoms with Gasteiger partial charge in [-0.2, -0.15) is 0 Å². The standard InChI is InChI=1S/C16H35N/c1-7-9-11-12-14-17(6)16(4,5)15(3)13-10-8-2/h15H,7-14H2,1-6H3. The Morgan fingerprint density at radius 1 is 0.941 bits per heavy atom. The first-order valence-electron chi connectivity index (χ1n) is 7.68. The molecular formula is C16H35N. The first-order chi connectivity index (χ1) is 7.96. The van der Waals surface area contributed by atoms with Gasteiger partial charge in [-0.1, -0.05) is 52.9 Å². The third kappa shape index (κ3) is 6.45. The molecular weight excluding hydrogens is 206 g/mol. The van der Waals surface area contributed by atoms with Crippen LogP contribution in [0.2, 0.25) is 0 Å². The Morgan fingerprint density at radius 2 is 1.53 bits per heavy atom. The van der Waals surface area contributed by atoms with Crippen molar-refractivity contribution in [3.8, 4) is 0 Å². The summed E-state index contributed by atoms with van der Waals surface area (Å²) in [5.41, 5.74) is 0.349. The second kappa shape index (κ2) is 8.97.